The standard InChI is InChI=1S/C12H28N2/c1-7-12(6,8-2)14-10-9-13-11(3,4)5/h13-14H,7-10H2,1-6H3. The van der Waals surface area contributed by atoms with E-state index in [0.29, 0.717) is 5.54 Å². The quantitative estimate of drug-likeness (QED) is 0.644. The summed E-state index contributed by atoms with van der Waals surface area (Å²) in [7, 11) is 0. The fourth-order valence-electron chi connectivity index (χ4n) is 1.30. The van der Waals surface area contributed by atoms with E-state index in [1.807, 2.05) is 0 Å². The molecular formula is C12H28N2. The van der Waals surface area contributed by atoms with Gasteiger partial charge in [-0.3, -0.25) is 0 Å². The molecule has 2 N–H and O–H groups in total. The Morgan fingerprint density at radius 2 is 1.21 bits per heavy atom. The molecule has 0 heterocycles. The lowest BCUT2D eigenvalue weighted by Crippen LogP contribution is -2.47. The van der Waals surface area contributed by atoms with Crippen molar-refractivity contribution in [1.82, 2.24) is 10.6 Å². The number of rotatable bonds is 6. The van der Waals surface area contributed by atoms with Crippen LogP contribution in [0.3, 0.4) is 0 Å². The highest BCUT2D eigenvalue weighted by Gasteiger charge is 2.18. The molecule has 0 saturated heterocycles. The Kier molecular flexibility index (Phi) is 5.68. The number of hydrogen-bond acceptors (Lipinski definition) is 2. The first kappa shape index (κ1) is 13.9. The molecule has 86 valence electrons. The zero-order valence-corrected chi connectivity index (χ0v) is 10.8. The molecule has 2 heteroatoms. The zero-order valence-electron chi connectivity index (χ0n) is 10.8. The van der Waals surface area contributed by atoms with Crippen molar-refractivity contribution in [3.63, 3.8) is 0 Å². The van der Waals surface area contributed by atoms with Crippen LogP contribution in [0, 0.1) is 0 Å². The molecule has 0 aromatic rings. The van der Waals surface area contributed by atoms with E-state index >= 15 is 0 Å². The van der Waals surface area contributed by atoms with Crippen molar-refractivity contribution < 1.29 is 0 Å². The molecule has 0 aromatic heterocycles. The second-order valence-electron chi connectivity index (χ2n) is 5.37. The van der Waals surface area contributed by atoms with Gasteiger partial charge in [0.1, 0.15) is 0 Å². The van der Waals surface area contributed by atoms with Gasteiger partial charge >= 0.3 is 0 Å². The van der Waals surface area contributed by atoms with Crippen LogP contribution < -0.4 is 10.6 Å². The van der Waals surface area contributed by atoms with Gasteiger partial charge < -0.3 is 10.6 Å². The van der Waals surface area contributed by atoms with Crippen molar-refractivity contribution >= 4 is 0 Å². The van der Waals surface area contributed by atoms with Crippen LogP contribution in [0.1, 0.15) is 54.4 Å². The average molecular weight is 200 g/mol. The normalized spacial score (nSPS) is 13.3. The van der Waals surface area contributed by atoms with Gasteiger partial charge in [0, 0.05) is 24.2 Å². The molecule has 2 nitrogen and oxygen atoms in total. The average Bonchev–Trinajstić information content (AvgIpc) is 2.11. The van der Waals surface area contributed by atoms with E-state index in [4.69, 9.17) is 0 Å². The third kappa shape index (κ3) is 6.39. The molecule has 0 fully saturated rings. The molecule has 0 spiro atoms. The van der Waals surface area contributed by atoms with Crippen LogP contribution in [0.2, 0.25) is 0 Å². The summed E-state index contributed by atoms with van der Waals surface area (Å²) in [5.74, 6) is 0. The maximum Gasteiger partial charge on any atom is 0.0148 e. The van der Waals surface area contributed by atoms with Crippen molar-refractivity contribution in [2.75, 3.05) is 13.1 Å². The summed E-state index contributed by atoms with van der Waals surface area (Å²) in [5.41, 5.74) is 0.552. The Bertz CT molecular complexity index is 143. The van der Waals surface area contributed by atoms with Crippen molar-refractivity contribution in [3.8, 4) is 0 Å². The molecule has 0 unspecified atom stereocenters. The van der Waals surface area contributed by atoms with E-state index in [0.717, 1.165) is 13.1 Å². The van der Waals surface area contributed by atoms with E-state index in [9.17, 15) is 0 Å². The van der Waals surface area contributed by atoms with Crippen LogP contribution >= 0.6 is 0 Å². The fraction of sp³-hybridized carbons (Fsp3) is 1.00. The topological polar surface area (TPSA) is 24.1 Å². The van der Waals surface area contributed by atoms with Gasteiger partial charge in [-0.15, -0.1) is 0 Å². The molecule has 0 aromatic carbocycles. The third-order valence-corrected chi connectivity index (χ3v) is 2.89. The van der Waals surface area contributed by atoms with E-state index in [1.165, 1.54) is 12.8 Å². The second kappa shape index (κ2) is 5.72. The van der Waals surface area contributed by atoms with Crippen molar-refractivity contribution in [2.45, 2.75) is 65.5 Å². The Balaban J connectivity index is 3.63. The van der Waals surface area contributed by atoms with Crippen LogP contribution in [0.25, 0.3) is 0 Å². The molecule has 0 aliphatic heterocycles. The number of hydrogen-bond donors (Lipinski definition) is 2. The molecule has 0 radical (unpaired) electrons. The molecule has 0 saturated carbocycles. The maximum absolute atomic E-state index is 3.61. The Morgan fingerprint density at radius 1 is 0.786 bits per heavy atom. The van der Waals surface area contributed by atoms with Gasteiger partial charge in [-0.05, 0) is 40.5 Å². The molecule has 0 bridgehead atoms. The van der Waals surface area contributed by atoms with Gasteiger partial charge in [0.25, 0.3) is 0 Å². The molecule has 0 aliphatic carbocycles. The summed E-state index contributed by atoms with van der Waals surface area (Å²) in [4.78, 5) is 0. The molecule has 0 rings (SSSR count). The first-order chi connectivity index (χ1) is 6.33. The summed E-state index contributed by atoms with van der Waals surface area (Å²) in [5, 5.41) is 7.09. The zero-order chi connectivity index (χ0) is 11.2. The molecule has 0 amide bonds. The Hall–Kier alpha value is -0.0800. The SMILES string of the molecule is CCC(C)(CC)NCCNC(C)(C)C. The van der Waals surface area contributed by atoms with Crippen molar-refractivity contribution in [1.29, 1.82) is 0 Å². The van der Waals surface area contributed by atoms with Crippen LogP contribution in [-0.2, 0) is 0 Å². The third-order valence-electron chi connectivity index (χ3n) is 2.89. The summed E-state index contributed by atoms with van der Waals surface area (Å²) in [6, 6.07) is 0. The van der Waals surface area contributed by atoms with Crippen LogP contribution in [0.4, 0.5) is 0 Å². The lowest BCUT2D eigenvalue weighted by atomic mass is 9.96. The van der Waals surface area contributed by atoms with Crippen LogP contribution in [0.5, 0.6) is 0 Å². The Labute approximate surface area is 89.9 Å². The van der Waals surface area contributed by atoms with Gasteiger partial charge in [0.05, 0.1) is 0 Å². The van der Waals surface area contributed by atoms with E-state index in [1.54, 1.807) is 0 Å². The maximum atomic E-state index is 3.61. The van der Waals surface area contributed by atoms with Crippen molar-refractivity contribution in [2.24, 2.45) is 0 Å². The molecule has 14 heavy (non-hydrogen) atoms. The van der Waals surface area contributed by atoms with Gasteiger partial charge in [0.2, 0.25) is 0 Å². The summed E-state index contributed by atoms with van der Waals surface area (Å²) < 4.78 is 0. The van der Waals surface area contributed by atoms with Crippen LogP contribution in [-0.4, -0.2) is 24.2 Å². The smallest absolute Gasteiger partial charge is 0.0148 e. The van der Waals surface area contributed by atoms with Gasteiger partial charge in [-0.25, -0.2) is 0 Å². The molecule has 0 atom stereocenters. The molecule has 0 aliphatic rings. The monoisotopic (exact) mass is 200 g/mol. The Morgan fingerprint density at radius 3 is 1.57 bits per heavy atom. The predicted octanol–water partition coefficient (Wildman–Crippen LogP) is 2.54. The highest BCUT2D eigenvalue weighted by molar-refractivity contribution is 4.80. The lowest BCUT2D eigenvalue weighted by molar-refractivity contribution is 0.320. The second-order valence-corrected chi connectivity index (χ2v) is 5.37. The first-order valence-corrected chi connectivity index (χ1v) is 5.83. The minimum absolute atomic E-state index is 0.233. The lowest BCUT2D eigenvalue weighted by Gasteiger charge is -2.29. The minimum atomic E-state index is 0.233. The number of nitrogens with one attached hydrogen (secondary N) is 2. The van der Waals surface area contributed by atoms with E-state index in [2.05, 4.69) is 52.2 Å². The summed E-state index contributed by atoms with van der Waals surface area (Å²) in [6.07, 6.45) is 2.39. The van der Waals surface area contributed by atoms with Gasteiger partial charge in [-0.1, -0.05) is 13.8 Å². The summed E-state index contributed by atoms with van der Waals surface area (Å²) in [6.45, 7) is 15.5. The van der Waals surface area contributed by atoms with E-state index in [-0.39, 0.29) is 5.54 Å². The summed E-state index contributed by atoms with van der Waals surface area (Å²) >= 11 is 0. The highest BCUT2D eigenvalue weighted by atomic mass is 15.0. The van der Waals surface area contributed by atoms with Crippen molar-refractivity contribution in [3.05, 3.63) is 0 Å². The highest BCUT2D eigenvalue weighted by Crippen LogP contribution is 2.12. The van der Waals surface area contributed by atoms with Crippen LogP contribution in [0.15, 0.2) is 0 Å². The molecular weight excluding hydrogens is 172 g/mol. The fourth-order valence-corrected chi connectivity index (χ4v) is 1.30. The first-order valence-electron chi connectivity index (χ1n) is 5.83. The van der Waals surface area contributed by atoms with Gasteiger partial charge in [0.15, 0.2) is 0 Å². The largest absolute Gasteiger partial charge is 0.311 e. The predicted molar refractivity (Wildman–Crippen MR) is 64.7 cm³/mol. The minimum Gasteiger partial charge on any atom is -0.311 e. The van der Waals surface area contributed by atoms with Gasteiger partial charge in [-0.2, -0.15) is 0 Å². The van der Waals surface area contributed by atoms with E-state index < -0.39 is 0 Å².